The zero-order valence-corrected chi connectivity index (χ0v) is 16.0. The minimum atomic E-state index is -1.11. The van der Waals surface area contributed by atoms with Crippen LogP contribution in [0.15, 0.2) is 42.0 Å². The minimum absolute atomic E-state index is 0.0404. The predicted molar refractivity (Wildman–Crippen MR) is 106 cm³/mol. The Morgan fingerprint density at radius 3 is 2.45 bits per heavy atom. The third kappa shape index (κ3) is 4.02. The lowest BCUT2D eigenvalue weighted by molar-refractivity contribution is 0.0687. The average molecular weight is 411 g/mol. The van der Waals surface area contributed by atoms with Crippen molar-refractivity contribution >= 4 is 29.0 Å². The summed E-state index contributed by atoms with van der Waals surface area (Å²) in [5, 5.41) is 28.0. The summed E-state index contributed by atoms with van der Waals surface area (Å²) >= 11 is 1.36. The monoisotopic (exact) mass is 411 g/mol. The highest BCUT2D eigenvalue weighted by Gasteiger charge is 2.24. The van der Waals surface area contributed by atoms with Crippen LogP contribution < -0.4 is 4.90 Å². The molecule has 0 unspecified atom stereocenters. The first-order valence-corrected chi connectivity index (χ1v) is 9.73. The molecular weight excluding hydrogens is 394 g/mol. The van der Waals surface area contributed by atoms with Crippen LogP contribution in [0.25, 0.3) is 11.1 Å². The van der Waals surface area contributed by atoms with Crippen LogP contribution in [0.3, 0.4) is 0 Å². The van der Waals surface area contributed by atoms with Gasteiger partial charge < -0.3 is 20.0 Å². The predicted octanol–water partition coefficient (Wildman–Crippen LogP) is 1.97. The maximum absolute atomic E-state index is 12.8. The number of carboxylic acids is 1. The van der Waals surface area contributed by atoms with Gasteiger partial charge in [-0.15, -0.1) is 21.5 Å². The van der Waals surface area contributed by atoms with E-state index in [1.807, 2.05) is 16.3 Å². The van der Waals surface area contributed by atoms with Crippen LogP contribution in [-0.2, 0) is 0 Å². The number of amides is 1. The minimum Gasteiger partial charge on any atom is -0.506 e. The molecule has 3 aromatic rings. The molecule has 9 nitrogen and oxygen atoms in total. The van der Waals surface area contributed by atoms with E-state index < -0.39 is 5.97 Å². The van der Waals surface area contributed by atoms with Gasteiger partial charge >= 0.3 is 5.97 Å². The van der Waals surface area contributed by atoms with Crippen molar-refractivity contribution in [1.29, 1.82) is 0 Å². The Morgan fingerprint density at radius 2 is 1.79 bits per heavy atom. The summed E-state index contributed by atoms with van der Waals surface area (Å²) in [7, 11) is 0. The summed E-state index contributed by atoms with van der Waals surface area (Å²) in [6.45, 7) is 2.23. The van der Waals surface area contributed by atoms with Gasteiger partial charge in [0.05, 0.1) is 11.1 Å². The number of pyridine rings is 1. The average Bonchev–Trinajstić information content (AvgIpc) is 3.24. The Kier molecular flexibility index (Phi) is 5.09. The lowest BCUT2D eigenvalue weighted by Crippen LogP contribution is -2.49. The zero-order chi connectivity index (χ0) is 20.4. The van der Waals surface area contributed by atoms with Crippen molar-refractivity contribution in [3.63, 3.8) is 0 Å². The van der Waals surface area contributed by atoms with Gasteiger partial charge in [0.25, 0.3) is 5.91 Å². The van der Waals surface area contributed by atoms with Crippen molar-refractivity contribution in [2.24, 2.45) is 0 Å². The van der Waals surface area contributed by atoms with Crippen molar-refractivity contribution in [2.45, 2.75) is 0 Å². The molecule has 4 rings (SSSR count). The van der Waals surface area contributed by atoms with Crippen molar-refractivity contribution in [3.05, 3.63) is 52.6 Å². The van der Waals surface area contributed by atoms with Crippen LogP contribution in [0, 0.1) is 0 Å². The maximum atomic E-state index is 12.8. The molecule has 10 heteroatoms. The van der Waals surface area contributed by atoms with E-state index in [9.17, 15) is 14.7 Å². The number of hydrogen-bond acceptors (Lipinski definition) is 8. The number of rotatable bonds is 4. The van der Waals surface area contributed by atoms with E-state index in [4.69, 9.17) is 5.11 Å². The van der Waals surface area contributed by atoms with Crippen LogP contribution in [0.4, 0.5) is 5.82 Å². The van der Waals surface area contributed by atoms with E-state index in [1.54, 1.807) is 23.2 Å². The molecule has 1 aliphatic rings. The highest BCUT2D eigenvalue weighted by molar-refractivity contribution is 7.12. The molecule has 0 radical (unpaired) electrons. The Hall–Kier alpha value is -3.53. The number of nitrogens with zero attached hydrogens (tertiary/aromatic N) is 5. The van der Waals surface area contributed by atoms with E-state index in [1.165, 1.54) is 23.6 Å². The summed E-state index contributed by atoms with van der Waals surface area (Å²) < 4.78 is 0. The molecule has 3 aromatic heterocycles. The second-order valence-corrected chi connectivity index (χ2v) is 7.40. The summed E-state index contributed by atoms with van der Waals surface area (Å²) in [6.07, 6.45) is 3.01. The number of aromatic carboxylic acids is 1. The largest absolute Gasteiger partial charge is 0.506 e. The molecule has 4 heterocycles. The van der Waals surface area contributed by atoms with Crippen molar-refractivity contribution in [1.82, 2.24) is 20.1 Å². The number of aromatic hydroxyl groups is 1. The first-order chi connectivity index (χ1) is 14.0. The fourth-order valence-corrected chi connectivity index (χ4v) is 3.97. The van der Waals surface area contributed by atoms with Gasteiger partial charge in [-0.3, -0.25) is 9.78 Å². The summed E-state index contributed by atoms with van der Waals surface area (Å²) in [4.78, 5) is 32.1. The Morgan fingerprint density at radius 1 is 1.00 bits per heavy atom. The maximum Gasteiger partial charge on any atom is 0.356 e. The van der Waals surface area contributed by atoms with E-state index in [2.05, 4.69) is 15.2 Å². The van der Waals surface area contributed by atoms with Crippen LogP contribution in [0.5, 0.6) is 5.75 Å². The second kappa shape index (κ2) is 7.84. The quantitative estimate of drug-likeness (QED) is 0.669. The van der Waals surface area contributed by atoms with Gasteiger partial charge in [-0.25, -0.2) is 4.79 Å². The molecule has 148 valence electrons. The lowest BCUT2D eigenvalue weighted by atomic mass is 10.1. The number of anilines is 1. The molecule has 29 heavy (non-hydrogen) atoms. The Bertz CT molecular complexity index is 1040. The van der Waals surface area contributed by atoms with Gasteiger partial charge in [-0.2, -0.15) is 0 Å². The molecule has 0 atom stereocenters. The van der Waals surface area contributed by atoms with Gasteiger partial charge in [-0.1, -0.05) is 0 Å². The number of hydrogen-bond donors (Lipinski definition) is 2. The van der Waals surface area contributed by atoms with Crippen molar-refractivity contribution < 1.29 is 19.8 Å². The number of aromatic nitrogens is 3. The second-order valence-electron chi connectivity index (χ2n) is 6.49. The molecule has 1 aliphatic heterocycles. The third-order valence-corrected chi connectivity index (χ3v) is 5.55. The third-order valence-electron chi connectivity index (χ3n) is 4.63. The van der Waals surface area contributed by atoms with E-state index in [0.717, 1.165) is 11.1 Å². The van der Waals surface area contributed by atoms with Crippen LogP contribution >= 0.6 is 11.3 Å². The number of thiophene rings is 1. The first kappa shape index (κ1) is 18.8. The van der Waals surface area contributed by atoms with Gasteiger partial charge in [0, 0.05) is 37.9 Å². The molecule has 0 aliphatic carbocycles. The van der Waals surface area contributed by atoms with Gasteiger partial charge in [-0.05, 0) is 35.2 Å². The fraction of sp³-hybridized carbons (Fsp3) is 0.211. The standard InChI is InChI=1S/C19H17N5O4S/c25-14-7-12(9-20-10-14)13-8-16(29-11-13)18(26)24-5-3-23(4-6-24)17-2-1-15(19(27)28)21-22-17/h1-2,7-11,25H,3-6H2,(H,27,28). The molecule has 1 amide bonds. The van der Waals surface area contributed by atoms with Crippen LogP contribution in [-0.4, -0.2) is 68.3 Å². The SMILES string of the molecule is O=C(O)c1ccc(N2CCN(C(=O)c3cc(-c4cncc(O)c4)cs3)CC2)nn1. The number of carbonyl (C=O) groups is 2. The molecule has 1 saturated heterocycles. The van der Waals surface area contributed by atoms with Crippen molar-refractivity contribution in [2.75, 3.05) is 31.1 Å². The number of piperazine rings is 1. The smallest absolute Gasteiger partial charge is 0.356 e. The molecule has 0 saturated carbocycles. The van der Waals surface area contributed by atoms with Gasteiger partial charge in [0.1, 0.15) is 5.75 Å². The number of carboxylic acid groups (broad SMARTS) is 1. The Balaban J connectivity index is 1.40. The molecule has 0 spiro atoms. The number of carbonyl (C=O) groups excluding carboxylic acids is 1. The van der Waals surface area contributed by atoms with E-state index >= 15 is 0 Å². The fourth-order valence-electron chi connectivity index (χ4n) is 3.09. The van der Waals surface area contributed by atoms with Crippen LogP contribution in [0.1, 0.15) is 20.2 Å². The molecule has 2 N–H and O–H groups in total. The lowest BCUT2D eigenvalue weighted by Gasteiger charge is -2.34. The molecule has 0 bridgehead atoms. The summed E-state index contributed by atoms with van der Waals surface area (Å²) in [6, 6.07) is 6.47. The van der Waals surface area contributed by atoms with E-state index in [0.29, 0.717) is 36.9 Å². The normalized spacial score (nSPS) is 14.1. The molecular formula is C19H17N5O4S. The topological polar surface area (TPSA) is 120 Å². The Labute approximate surface area is 169 Å². The highest BCUT2D eigenvalue weighted by atomic mass is 32.1. The highest BCUT2D eigenvalue weighted by Crippen LogP contribution is 2.28. The van der Waals surface area contributed by atoms with Crippen molar-refractivity contribution in [3.8, 4) is 16.9 Å². The van der Waals surface area contributed by atoms with Gasteiger partial charge in [0.15, 0.2) is 11.5 Å². The molecule has 1 fully saturated rings. The molecule has 0 aromatic carbocycles. The van der Waals surface area contributed by atoms with Gasteiger partial charge in [0.2, 0.25) is 0 Å². The first-order valence-electron chi connectivity index (χ1n) is 8.85. The summed E-state index contributed by atoms with van der Waals surface area (Å²) in [5.74, 6) is -0.480. The van der Waals surface area contributed by atoms with Crippen LogP contribution in [0.2, 0.25) is 0 Å². The summed E-state index contributed by atoms with van der Waals surface area (Å²) in [5.41, 5.74) is 1.50. The van der Waals surface area contributed by atoms with E-state index in [-0.39, 0.29) is 17.4 Å². The zero-order valence-electron chi connectivity index (χ0n) is 15.2.